The molecule has 0 aliphatic heterocycles. The number of rotatable bonds is 11. The second kappa shape index (κ2) is 11.9. The summed E-state index contributed by atoms with van der Waals surface area (Å²) < 4.78 is 21.9. The van der Waals surface area contributed by atoms with E-state index in [0.717, 1.165) is 35.7 Å². The van der Waals surface area contributed by atoms with Gasteiger partial charge in [-0.2, -0.15) is 0 Å². The summed E-state index contributed by atoms with van der Waals surface area (Å²) in [7, 11) is 0. The molecule has 0 aromatic carbocycles. The number of ether oxygens (including phenoxy) is 2. The van der Waals surface area contributed by atoms with Gasteiger partial charge in [0, 0.05) is 36.7 Å². The van der Waals surface area contributed by atoms with E-state index in [1.54, 1.807) is 0 Å². The molecule has 2 aromatic rings. The Morgan fingerprint density at radius 2 is 1.52 bits per heavy atom. The molecule has 0 amide bonds. The predicted octanol–water partition coefficient (Wildman–Crippen LogP) is 5.20. The second-order valence-electron chi connectivity index (χ2n) is 7.25. The molecule has 1 atom stereocenters. The monoisotopic (exact) mass is 380 g/mol. The number of aryl methyl sites for hydroxylation is 2. The first kappa shape index (κ1) is 23.4. The van der Waals surface area contributed by atoms with Crippen LogP contribution in [0.5, 0.6) is 0 Å². The van der Waals surface area contributed by atoms with Gasteiger partial charge in [0.15, 0.2) is 0 Å². The Morgan fingerprint density at radius 1 is 0.926 bits per heavy atom. The average Bonchev–Trinajstić information content (AvgIpc) is 3.27. The Hall–Kier alpha value is -1.66. The summed E-state index contributed by atoms with van der Waals surface area (Å²) in [5.41, 5.74) is 1.75. The third kappa shape index (κ3) is 8.26. The molecule has 0 N–H and O–H groups in total. The standard InChI is InChI=1S/C19H30N2O4.C2H6/c1-14(17-12-15(2)20-24-17)6-8-22-10-11-23-9-7-19(4,5)18-13-16(3)21-25-18;1-2/h12-14H,6-11H2,1-5H3;1-2H3. The highest BCUT2D eigenvalue weighted by molar-refractivity contribution is 5.13. The summed E-state index contributed by atoms with van der Waals surface area (Å²) in [6.45, 7) is 16.8. The largest absolute Gasteiger partial charge is 0.379 e. The van der Waals surface area contributed by atoms with E-state index in [-0.39, 0.29) is 5.41 Å². The van der Waals surface area contributed by atoms with Crippen LogP contribution in [0.3, 0.4) is 0 Å². The summed E-state index contributed by atoms with van der Waals surface area (Å²) >= 11 is 0. The lowest BCUT2D eigenvalue weighted by Crippen LogP contribution is -2.20. The summed E-state index contributed by atoms with van der Waals surface area (Å²) in [6, 6.07) is 3.96. The second-order valence-corrected chi connectivity index (χ2v) is 7.25. The lowest BCUT2D eigenvalue weighted by molar-refractivity contribution is 0.0385. The van der Waals surface area contributed by atoms with E-state index in [1.807, 2.05) is 39.8 Å². The molecular formula is C21H36N2O4. The first-order valence-electron chi connectivity index (χ1n) is 9.91. The lowest BCUT2D eigenvalue weighted by Gasteiger charge is -2.20. The van der Waals surface area contributed by atoms with Crippen LogP contribution in [-0.4, -0.2) is 36.7 Å². The van der Waals surface area contributed by atoms with Crippen molar-refractivity contribution in [2.24, 2.45) is 0 Å². The number of hydrogen-bond acceptors (Lipinski definition) is 6. The van der Waals surface area contributed by atoms with Gasteiger partial charge in [0.2, 0.25) is 0 Å². The van der Waals surface area contributed by atoms with Crippen LogP contribution in [0.15, 0.2) is 21.2 Å². The lowest BCUT2D eigenvalue weighted by atomic mass is 9.87. The van der Waals surface area contributed by atoms with Crippen molar-refractivity contribution in [3.05, 3.63) is 35.0 Å². The number of nitrogens with zero attached hydrogens (tertiary/aromatic N) is 2. The van der Waals surface area contributed by atoms with Gasteiger partial charge in [0.25, 0.3) is 0 Å². The van der Waals surface area contributed by atoms with Crippen LogP contribution >= 0.6 is 0 Å². The number of aromatic nitrogens is 2. The van der Waals surface area contributed by atoms with Crippen LogP contribution in [0.4, 0.5) is 0 Å². The Balaban J connectivity index is 0.00000176. The Labute approximate surface area is 163 Å². The minimum Gasteiger partial charge on any atom is -0.379 e. The van der Waals surface area contributed by atoms with Gasteiger partial charge in [-0.15, -0.1) is 0 Å². The summed E-state index contributed by atoms with van der Waals surface area (Å²) in [5, 5.41) is 7.86. The van der Waals surface area contributed by atoms with Gasteiger partial charge < -0.3 is 18.5 Å². The van der Waals surface area contributed by atoms with E-state index in [4.69, 9.17) is 18.5 Å². The molecule has 0 radical (unpaired) electrons. The fraction of sp³-hybridized carbons (Fsp3) is 0.714. The third-order valence-corrected chi connectivity index (χ3v) is 4.37. The van der Waals surface area contributed by atoms with Crippen molar-refractivity contribution in [1.29, 1.82) is 0 Å². The van der Waals surface area contributed by atoms with Gasteiger partial charge >= 0.3 is 0 Å². The van der Waals surface area contributed by atoms with Gasteiger partial charge in [-0.05, 0) is 26.7 Å². The first-order valence-corrected chi connectivity index (χ1v) is 9.91. The highest BCUT2D eigenvalue weighted by atomic mass is 16.5. The third-order valence-electron chi connectivity index (χ3n) is 4.37. The zero-order valence-electron chi connectivity index (χ0n) is 18.0. The maximum Gasteiger partial charge on any atom is 0.142 e. The zero-order valence-corrected chi connectivity index (χ0v) is 18.0. The fourth-order valence-electron chi connectivity index (χ4n) is 2.47. The molecule has 0 saturated heterocycles. The molecular weight excluding hydrogens is 344 g/mol. The maximum absolute atomic E-state index is 5.68. The van der Waals surface area contributed by atoms with Crippen molar-refractivity contribution < 1.29 is 18.5 Å². The van der Waals surface area contributed by atoms with Crippen LogP contribution in [0.2, 0.25) is 0 Å². The van der Waals surface area contributed by atoms with Gasteiger partial charge in [-0.3, -0.25) is 0 Å². The Kier molecular flexibility index (Phi) is 10.3. The van der Waals surface area contributed by atoms with Gasteiger partial charge in [-0.1, -0.05) is 44.9 Å². The molecule has 6 nitrogen and oxygen atoms in total. The summed E-state index contributed by atoms with van der Waals surface area (Å²) in [4.78, 5) is 0. The topological polar surface area (TPSA) is 70.5 Å². The molecule has 0 aliphatic rings. The van der Waals surface area contributed by atoms with Crippen molar-refractivity contribution in [3.8, 4) is 0 Å². The normalized spacial score (nSPS) is 12.6. The van der Waals surface area contributed by atoms with E-state index in [1.165, 1.54) is 0 Å². The van der Waals surface area contributed by atoms with Crippen LogP contribution in [0, 0.1) is 13.8 Å². The molecule has 2 heterocycles. The van der Waals surface area contributed by atoms with Gasteiger partial charge in [-0.25, -0.2) is 0 Å². The van der Waals surface area contributed by atoms with Crippen LogP contribution in [0.1, 0.15) is 76.3 Å². The molecule has 0 saturated carbocycles. The molecule has 154 valence electrons. The fourth-order valence-corrected chi connectivity index (χ4v) is 2.47. The van der Waals surface area contributed by atoms with E-state index in [2.05, 4.69) is 31.1 Å². The van der Waals surface area contributed by atoms with Crippen molar-refractivity contribution in [2.75, 3.05) is 26.4 Å². The minimum atomic E-state index is -0.0766. The van der Waals surface area contributed by atoms with E-state index in [0.29, 0.717) is 32.3 Å². The molecule has 0 fully saturated rings. The molecule has 0 spiro atoms. The predicted molar refractivity (Wildman–Crippen MR) is 106 cm³/mol. The first-order chi connectivity index (χ1) is 12.9. The van der Waals surface area contributed by atoms with Crippen LogP contribution in [0.25, 0.3) is 0 Å². The number of hydrogen-bond donors (Lipinski definition) is 0. The highest BCUT2D eigenvalue weighted by Crippen LogP contribution is 2.27. The molecule has 2 rings (SSSR count). The summed E-state index contributed by atoms with van der Waals surface area (Å²) in [5.74, 6) is 2.14. The van der Waals surface area contributed by atoms with E-state index in [9.17, 15) is 0 Å². The summed E-state index contributed by atoms with van der Waals surface area (Å²) in [6.07, 6.45) is 1.79. The quantitative estimate of drug-likeness (QED) is 0.499. The Bertz CT molecular complexity index is 634. The SMILES string of the molecule is CC.Cc1cc(C(C)CCOCCOCCC(C)(C)c2cc(C)no2)on1. The van der Waals surface area contributed by atoms with Crippen LogP contribution in [-0.2, 0) is 14.9 Å². The van der Waals surface area contributed by atoms with Crippen molar-refractivity contribution in [2.45, 2.75) is 72.6 Å². The molecule has 1 unspecified atom stereocenters. The maximum atomic E-state index is 5.68. The smallest absolute Gasteiger partial charge is 0.142 e. The van der Waals surface area contributed by atoms with Crippen LogP contribution < -0.4 is 0 Å². The van der Waals surface area contributed by atoms with Gasteiger partial charge in [0.05, 0.1) is 24.6 Å². The highest BCUT2D eigenvalue weighted by Gasteiger charge is 2.25. The molecule has 2 aromatic heterocycles. The van der Waals surface area contributed by atoms with E-state index < -0.39 is 0 Å². The molecule has 6 heteroatoms. The van der Waals surface area contributed by atoms with E-state index >= 15 is 0 Å². The molecule has 0 bridgehead atoms. The minimum absolute atomic E-state index is 0.0766. The Morgan fingerprint density at radius 3 is 2.07 bits per heavy atom. The van der Waals surface area contributed by atoms with Gasteiger partial charge in [0.1, 0.15) is 11.5 Å². The average molecular weight is 381 g/mol. The molecule has 0 aliphatic carbocycles. The molecule has 27 heavy (non-hydrogen) atoms. The zero-order chi connectivity index (χ0) is 20.3. The van der Waals surface area contributed by atoms with Crippen molar-refractivity contribution >= 4 is 0 Å². The van der Waals surface area contributed by atoms with Crippen molar-refractivity contribution in [1.82, 2.24) is 10.3 Å². The van der Waals surface area contributed by atoms with Crippen molar-refractivity contribution in [3.63, 3.8) is 0 Å².